The van der Waals surface area contributed by atoms with Crippen LogP contribution in [0.2, 0.25) is 0 Å². The van der Waals surface area contributed by atoms with Crippen molar-refractivity contribution in [1.82, 2.24) is 5.32 Å². The van der Waals surface area contributed by atoms with E-state index in [2.05, 4.69) is 11.9 Å². The van der Waals surface area contributed by atoms with Crippen LogP contribution >= 0.6 is 0 Å². The average Bonchev–Trinajstić information content (AvgIpc) is 3.05. The fourth-order valence-electron chi connectivity index (χ4n) is 2.30. The van der Waals surface area contributed by atoms with Gasteiger partial charge in [0.1, 0.15) is 6.61 Å². The van der Waals surface area contributed by atoms with Crippen molar-refractivity contribution in [2.24, 2.45) is 0 Å². The number of hydrogen-bond acceptors (Lipinski definition) is 4. The van der Waals surface area contributed by atoms with Gasteiger partial charge in [-0.1, -0.05) is 12.7 Å². The van der Waals surface area contributed by atoms with Gasteiger partial charge in [-0.15, -0.1) is 0 Å². The molecule has 1 saturated heterocycles. The summed E-state index contributed by atoms with van der Waals surface area (Å²) in [6, 6.07) is 5.17. The molecule has 22 heavy (non-hydrogen) atoms. The summed E-state index contributed by atoms with van der Waals surface area (Å²) in [5.74, 6) is 1.04. The van der Waals surface area contributed by atoms with E-state index in [0.29, 0.717) is 36.8 Å². The summed E-state index contributed by atoms with van der Waals surface area (Å²) in [6.45, 7) is 7.73. The van der Waals surface area contributed by atoms with Crippen LogP contribution in [0.5, 0.6) is 11.5 Å². The monoisotopic (exact) mass is 305 g/mol. The van der Waals surface area contributed by atoms with Crippen LogP contribution in [0.15, 0.2) is 30.9 Å². The van der Waals surface area contributed by atoms with Crippen molar-refractivity contribution >= 4 is 5.91 Å². The lowest BCUT2D eigenvalue weighted by atomic mass is 10.1. The SMILES string of the molecule is C=CCOc1ccc(C(=O)NC[C@@H]2CCCO2)cc1OCC. The van der Waals surface area contributed by atoms with Gasteiger partial charge < -0.3 is 19.5 Å². The maximum Gasteiger partial charge on any atom is 0.251 e. The van der Waals surface area contributed by atoms with Crippen LogP contribution in [0, 0.1) is 0 Å². The Kier molecular flexibility index (Phi) is 6.27. The third-order valence-corrected chi connectivity index (χ3v) is 3.38. The highest BCUT2D eigenvalue weighted by Gasteiger charge is 2.17. The Morgan fingerprint density at radius 3 is 3.00 bits per heavy atom. The molecule has 1 atom stereocenters. The van der Waals surface area contributed by atoms with Crippen molar-refractivity contribution in [2.45, 2.75) is 25.9 Å². The topological polar surface area (TPSA) is 56.8 Å². The molecule has 0 aliphatic carbocycles. The van der Waals surface area contributed by atoms with Gasteiger partial charge in [0.05, 0.1) is 12.7 Å². The minimum Gasteiger partial charge on any atom is -0.490 e. The van der Waals surface area contributed by atoms with Gasteiger partial charge in [-0.05, 0) is 38.0 Å². The van der Waals surface area contributed by atoms with E-state index in [9.17, 15) is 4.79 Å². The minimum absolute atomic E-state index is 0.130. The van der Waals surface area contributed by atoms with Crippen molar-refractivity contribution in [1.29, 1.82) is 0 Å². The van der Waals surface area contributed by atoms with Gasteiger partial charge in [0.15, 0.2) is 11.5 Å². The summed E-state index contributed by atoms with van der Waals surface area (Å²) in [6.07, 6.45) is 3.85. The summed E-state index contributed by atoms with van der Waals surface area (Å²) in [4.78, 5) is 12.2. The standard InChI is InChI=1S/C17H23NO4/c1-3-9-22-15-8-7-13(11-16(15)20-4-2)17(19)18-12-14-6-5-10-21-14/h3,7-8,11,14H,1,4-6,9-10,12H2,2H3,(H,18,19)/t14-/m0/s1. The molecule has 1 N–H and O–H groups in total. The first-order valence-electron chi connectivity index (χ1n) is 7.65. The lowest BCUT2D eigenvalue weighted by Crippen LogP contribution is -2.31. The first-order valence-corrected chi connectivity index (χ1v) is 7.65. The molecule has 1 aliphatic rings. The van der Waals surface area contributed by atoms with Crippen molar-refractivity contribution in [3.63, 3.8) is 0 Å². The molecule has 1 heterocycles. The molecular formula is C17H23NO4. The molecule has 5 heteroatoms. The highest BCUT2D eigenvalue weighted by atomic mass is 16.5. The van der Waals surface area contributed by atoms with E-state index in [0.717, 1.165) is 19.4 Å². The van der Waals surface area contributed by atoms with Crippen molar-refractivity contribution in [2.75, 3.05) is 26.4 Å². The number of ether oxygens (including phenoxy) is 3. The number of carbonyl (C=O) groups excluding carboxylic acids is 1. The summed E-state index contributed by atoms with van der Waals surface area (Å²) in [7, 11) is 0. The molecule has 0 spiro atoms. The van der Waals surface area contributed by atoms with Crippen LogP contribution in [-0.4, -0.2) is 38.4 Å². The molecule has 1 aromatic rings. The molecule has 1 aromatic carbocycles. The van der Waals surface area contributed by atoms with Crippen molar-refractivity contribution in [3.8, 4) is 11.5 Å². The zero-order chi connectivity index (χ0) is 15.8. The first kappa shape index (κ1) is 16.4. The third kappa shape index (κ3) is 4.49. The quantitative estimate of drug-likeness (QED) is 0.750. The second-order valence-electron chi connectivity index (χ2n) is 5.04. The second kappa shape index (κ2) is 8.44. The zero-order valence-corrected chi connectivity index (χ0v) is 13.0. The highest BCUT2D eigenvalue weighted by molar-refractivity contribution is 5.94. The van der Waals surface area contributed by atoms with Crippen molar-refractivity contribution < 1.29 is 19.0 Å². The Morgan fingerprint density at radius 2 is 2.32 bits per heavy atom. The number of hydrogen-bond donors (Lipinski definition) is 1. The molecule has 0 unspecified atom stereocenters. The van der Waals surface area contributed by atoms with Gasteiger partial charge in [0.2, 0.25) is 0 Å². The van der Waals surface area contributed by atoms with E-state index >= 15 is 0 Å². The number of amides is 1. The smallest absolute Gasteiger partial charge is 0.251 e. The Balaban J connectivity index is 2.00. The normalized spacial score (nSPS) is 17.0. The molecule has 1 amide bonds. The van der Waals surface area contributed by atoms with E-state index in [1.54, 1.807) is 24.3 Å². The average molecular weight is 305 g/mol. The number of nitrogens with one attached hydrogen (secondary N) is 1. The highest BCUT2D eigenvalue weighted by Crippen LogP contribution is 2.28. The lowest BCUT2D eigenvalue weighted by molar-refractivity contribution is 0.0857. The van der Waals surface area contributed by atoms with Crippen LogP contribution in [0.3, 0.4) is 0 Å². The summed E-state index contributed by atoms with van der Waals surface area (Å²) in [5, 5.41) is 2.90. The van der Waals surface area contributed by atoms with Gasteiger partial charge in [0.25, 0.3) is 5.91 Å². The molecule has 0 radical (unpaired) electrons. The maximum absolute atomic E-state index is 12.2. The van der Waals surface area contributed by atoms with Gasteiger partial charge in [-0.3, -0.25) is 4.79 Å². The Bertz CT molecular complexity index is 509. The molecule has 5 nitrogen and oxygen atoms in total. The molecule has 0 saturated carbocycles. The fourth-order valence-corrected chi connectivity index (χ4v) is 2.30. The van der Waals surface area contributed by atoms with Crippen LogP contribution in [0.1, 0.15) is 30.1 Å². The predicted molar refractivity (Wildman–Crippen MR) is 84.6 cm³/mol. The molecule has 120 valence electrons. The van der Waals surface area contributed by atoms with E-state index in [1.807, 2.05) is 6.92 Å². The molecule has 1 fully saturated rings. The molecule has 0 bridgehead atoms. The Labute approximate surface area is 131 Å². The number of benzene rings is 1. The molecular weight excluding hydrogens is 282 g/mol. The van der Waals surface area contributed by atoms with Crippen LogP contribution in [0.25, 0.3) is 0 Å². The summed E-state index contributed by atoms with van der Waals surface area (Å²) in [5.41, 5.74) is 0.549. The van der Waals surface area contributed by atoms with Crippen molar-refractivity contribution in [3.05, 3.63) is 36.4 Å². The largest absolute Gasteiger partial charge is 0.490 e. The van der Waals surface area contributed by atoms with Gasteiger partial charge in [0, 0.05) is 18.7 Å². The minimum atomic E-state index is -0.133. The van der Waals surface area contributed by atoms with Gasteiger partial charge in [-0.2, -0.15) is 0 Å². The Hall–Kier alpha value is -2.01. The molecule has 1 aliphatic heterocycles. The maximum atomic E-state index is 12.2. The van der Waals surface area contributed by atoms with E-state index in [-0.39, 0.29) is 12.0 Å². The van der Waals surface area contributed by atoms with Gasteiger partial charge >= 0.3 is 0 Å². The number of carbonyl (C=O) groups is 1. The first-order chi connectivity index (χ1) is 10.7. The molecule has 0 aromatic heterocycles. The van der Waals surface area contributed by atoms with E-state index in [4.69, 9.17) is 14.2 Å². The van der Waals surface area contributed by atoms with Crippen LogP contribution in [0.4, 0.5) is 0 Å². The molecule has 2 rings (SSSR count). The predicted octanol–water partition coefficient (Wildman–Crippen LogP) is 2.56. The second-order valence-corrected chi connectivity index (χ2v) is 5.04. The van der Waals surface area contributed by atoms with E-state index < -0.39 is 0 Å². The zero-order valence-electron chi connectivity index (χ0n) is 13.0. The van der Waals surface area contributed by atoms with Crippen LogP contribution < -0.4 is 14.8 Å². The summed E-state index contributed by atoms with van der Waals surface area (Å²) >= 11 is 0. The third-order valence-electron chi connectivity index (χ3n) is 3.38. The Morgan fingerprint density at radius 1 is 1.45 bits per heavy atom. The lowest BCUT2D eigenvalue weighted by Gasteiger charge is -2.14. The number of rotatable bonds is 8. The summed E-state index contributed by atoms with van der Waals surface area (Å²) < 4.78 is 16.6. The fraction of sp³-hybridized carbons (Fsp3) is 0.471. The van der Waals surface area contributed by atoms with Gasteiger partial charge in [-0.25, -0.2) is 0 Å². The van der Waals surface area contributed by atoms with E-state index in [1.165, 1.54) is 0 Å². The van der Waals surface area contributed by atoms with Crippen LogP contribution in [-0.2, 0) is 4.74 Å².